The molecule has 0 aromatic heterocycles. The first kappa shape index (κ1) is 38.6. The molecular formula is C37H42F3N5O6. The number of carbonyl (C=O) groups excluding carboxylic acids is 5. The van der Waals surface area contributed by atoms with Crippen molar-refractivity contribution in [1.82, 2.24) is 21.3 Å². The SMILES string of the molecule is CC(C)[C@H](NC(=O)c1ccc(-c2ccccc2)cc1)C(=O)N[C@@H](Cc1ccccc1)C(=O)NC1(C(=O)NC(CCC(N)=O)C(O)C(F)(F)F)CC1. The van der Waals surface area contributed by atoms with Gasteiger partial charge >= 0.3 is 6.18 Å². The number of aliphatic hydroxyl groups excluding tert-OH is 1. The van der Waals surface area contributed by atoms with E-state index in [4.69, 9.17) is 5.73 Å². The van der Waals surface area contributed by atoms with Gasteiger partial charge in [0.15, 0.2) is 6.10 Å². The number of hydrogen-bond acceptors (Lipinski definition) is 6. The normalized spacial score (nSPS) is 15.8. The number of nitrogens with one attached hydrogen (secondary N) is 4. The van der Waals surface area contributed by atoms with Gasteiger partial charge in [0.05, 0.1) is 6.04 Å². The predicted molar refractivity (Wildman–Crippen MR) is 183 cm³/mol. The molecule has 0 bridgehead atoms. The molecule has 1 aliphatic rings. The lowest BCUT2D eigenvalue weighted by atomic mass is 9.99. The second-order valence-electron chi connectivity index (χ2n) is 13.0. The first-order valence-electron chi connectivity index (χ1n) is 16.6. The van der Waals surface area contributed by atoms with Crippen molar-refractivity contribution in [3.8, 4) is 11.1 Å². The van der Waals surface area contributed by atoms with Crippen molar-refractivity contribution in [3.05, 3.63) is 96.1 Å². The van der Waals surface area contributed by atoms with Crippen molar-refractivity contribution in [1.29, 1.82) is 0 Å². The number of alkyl halides is 3. The molecule has 3 aromatic carbocycles. The van der Waals surface area contributed by atoms with Crippen molar-refractivity contribution in [2.24, 2.45) is 11.7 Å². The molecule has 2 unspecified atom stereocenters. The molecule has 0 radical (unpaired) electrons. The summed E-state index contributed by atoms with van der Waals surface area (Å²) in [6.07, 6.45) is -9.06. The molecule has 0 spiro atoms. The van der Waals surface area contributed by atoms with E-state index in [1.807, 2.05) is 30.3 Å². The third kappa shape index (κ3) is 10.6. The highest BCUT2D eigenvalue weighted by atomic mass is 19.4. The lowest BCUT2D eigenvalue weighted by Gasteiger charge is -2.29. The van der Waals surface area contributed by atoms with Crippen LogP contribution in [0.3, 0.4) is 0 Å². The molecule has 51 heavy (non-hydrogen) atoms. The zero-order chi connectivity index (χ0) is 37.3. The molecule has 272 valence electrons. The number of nitrogens with two attached hydrogens (primary N) is 1. The third-order valence-corrected chi connectivity index (χ3v) is 8.69. The Morgan fingerprint density at radius 3 is 1.90 bits per heavy atom. The van der Waals surface area contributed by atoms with Gasteiger partial charge < -0.3 is 32.1 Å². The Bertz CT molecular complexity index is 1680. The first-order valence-corrected chi connectivity index (χ1v) is 16.6. The minimum atomic E-state index is -5.10. The minimum absolute atomic E-state index is 0.0101. The van der Waals surface area contributed by atoms with Gasteiger partial charge in [0.25, 0.3) is 5.91 Å². The van der Waals surface area contributed by atoms with Gasteiger partial charge in [-0.2, -0.15) is 13.2 Å². The van der Waals surface area contributed by atoms with Gasteiger partial charge in [0.1, 0.15) is 17.6 Å². The first-order chi connectivity index (χ1) is 24.1. The highest BCUT2D eigenvalue weighted by molar-refractivity contribution is 6.00. The van der Waals surface area contributed by atoms with E-state index in [-0.39, 0.29) is 19.3 Å². The predicted octanol–water partition coefficient (Wildman–Crippen LogP) is 3.16. The van der Waals surface area contributed by atoms with Crippen LogP contribution in [0.5, 0.6) is 0 Å². The Hall–Kier alpha value is -5.24. The minimum Gasteiger partial charge on any atom is -0.382 e. The molecular weight excluding hydrogens is 667 g/mol. The summed E-state index contributed by atoms with van der Waals surface area (Å²) in [5, 5.41) is 20.0. The van der Waals surface area contributed by atoms with Gasteiger partial charge in [-0.25, -0.2) is 0 Å². The van der Waals surface area contributed by atoms with Crippen LogP contribution in [-0.4, -0.2) is 70.6 Å². The van der Waals surface area contributed by atoms with Crippen molar-refractivity contribution >= 4 is 29.5 Å². The maximum absolute atomic E-state index is 13.7. The average Bonchev–Trinajstić information content (AvgIpc) is 3.89. The summed E-state index contributed by atoms with van der Waals surface area (Å²) in [6.45, 7) is 3.45. The number of halogens is 3. The Labute approximate surface area is 293 Å². The fraction of sp³-hybridized carbons (Fsp3) is 0.378. The Kier molecular flexibility index (Phi) is 12.6. The second-order valence-corrected chi connectivity index (χ2v) is 13.0. The summed E-state index contributed by atoms with van der Waals surface area (Å²) in [5.74, 6) is -4.26. The highest BCUT2D eigenvalue weighted by Gasteiger charge is 2.54. The topological polar surface area (TPSA) is 180 Å². The maximum Gasteiger partial charge on any atom is 0.416 e. The highest BCUT2D eigenvalue weighted by Crippen LogP contribution is 2.36. The summed E-state index contributed by atoms with van der Waals surface area (Å²) in [6, 6.07) is 20.9. The number of benzene rings is 3. The molecule has 5 amide bonds. The number of aliphatic hydroxyl groups is 1. The fourth-order valence-electron chi connectivity index (χ4n) is 5.52. The number of carbonyl (C=O) groups is 5. The van der Waals surface area contributed by atoms with E-state index < -0.39 is 84.2 Å². The molecule has 1 saturated carbocycles. The van der Waals surface area contributed by atoms with Gasteiger partial charge in [-0.3, -0.25) is 24.0 Å². The average molecular weight is 710 g/mol. The second kappa shape index (κ2) is 16.6. The van der Waals surface area contributed by atoms with Crippen LogP contribution in [0.4, 0.5) is 13.2 Å². The van der Waals surface area contributed by atoms with Crippen LogP contribution in [0.15, 0.2) is 84.9 Å². The summed E-state index contributed by atoms with van der Waals surface area (Å²) >= 11 is 0. The maximum atomic E-state index is 13.7. The van der Waals surface area contributed by atoms with Crippen LogP contribution < -0.4 is 27.0 Å². The zero-order valence-corrected chi connectivity index (χ0v) is 28.2. The zero-order valence-electron chi connectivity index (χ0n) is 28.2. The van der Waals surface area contributed by atoms with E-state index >= 15 is 0 Å². The molecule has 4 atom stereocenters. The Balaban J connectivity index is 1.48. The Morgan fingerprint density at radius 1 is 0.804 bits per heavy atom. The molecule has 11 nitrogen and oxygen atoms in total. The standard InChI is InChI=1S/C37H42F3N5O6/c1-22(2)30(44-32(48)26-15-13-25(14-16-26)24-11-7-4-8-12-24)34(50)42-28(21-23-9-5-3-6-10-23)33(49)45-36(19-20-36)35(51)43-27(17-18-29(41)46)31(47)37(38,39)40/h3-16,22,27-28,30-31,47H,17-21H2,1-2H3,(H2,41,46)(H,42,50)(H,43,51)(H,44,48)(H,45,49)/t27?,28-,30-,31?/m0/s1. The molecule has 1 fully saturated rings. The summed E-state index contributed by atoms with van der Waals surface area (Å²) < 4.78 is 40.1. The van der Waals surface area contributed by atoms with Crippen molar-refractivity contribution in [2.75, 3.05) is 0 Å². The summed E-state index contributed by atoms with van der Waals surface area (Å²) in [4.78, 5) is 65.2. The van der Waals surface area contributed by atoms with E-state index in [0.717, 1.165) is 11.1 Å². The van der Waals surface area contributed by atoms with Crippen LogP contribution in [0, 0.1) is 5.92 Å². The monoisotopic (exact) mass is 709 g/mol. The number of amides is 5. The van der Waals surface area contributed by atoms with E-state index in [2.05, 4.69) is 21.3 Å². The lowest BCUT2D eigenvalue weighted by molar-refractivity contribution is -0.213. The van der Waals surface area contributed by atoms with Crippen LogP contribution in [-0.2, 0) is 25.6 Å². The quantitative estimate of drug-likeness (QED) is 0.133. The molecule has 0 heterocycles. The smallest absolute Gasteiger partial charge is 0.382 e. The van der Waals surface area contributed by atoms with Gasteiger partial charge in [-0.1, -0.05) is 86.6 Å². The molecule has 7 N–H and O–H groups in total. The van der Waals surface area contributed by atoms with Crippen molar-refractivity contribution in [3.63, 3.8) is 0 Å². The lowest BCUT2D eigenvalue weighted by Crippen LogP contribution is -2.60. The third-order valence-electron chi connectivity index (χ3n) is 8.69. The van der Waals surface area contributed by atoms with E-state index in [1.165, 1.54) is 0 Å². The number of rotatable bonds is 16. The van der Waals surface area contributed by atoms with E-state index in [0.29, 0.717) is 11.1 Å². The van der Waals surface area contributed by atoms with Crippen LogP contribution in [0.25, 0.3) is 11.1 Å². The molecule has 14 heteroatoms. The molecule has 0 aliphatic heterocycles. The van der Waals surface area contributed by atoms with Gasteiger partial charge in [-0.05, 0) is 54.0 Å². The van der Waals surface area contributed by atoms with Crippen molar-refractivity contribution < 1.29 is 42.3 Å². The van der Waals surface area contributed by atoms with Crippen LogP contribution >= 0.6 is 0 Å². The summed E-state index contributed by atoms with van der Waals surface area (Å²) in [5.41, 5.74) is 6.32. The largest absolute Gasteiger partial charge is 0.416 e. The van der Waals surface area contributed by atoms with E-state index in [9.17, 15) is 42.3 Å². The van der Waals surface area contributed by atoms with Gasteiger partial charge in [0.2, 0.25) is 23.6 Å². The van der Waals surface area contributed by atoms with Crippen LogP contribution in [0.1, 0.15) is 55.5 Å². The Morgan fingerprint density at radius 2 is 1.37 bits per heavy atom. The van der Waals surface area contributed by atoms with Gasteiger partial charge in [-0.15, -0.1) is 0 Å². The fourth-order valence-corrected chi connectivity index (χ4v) is 5.52. The summed E-state index contributed by atoms with van der Waals surface area (Å²) in [7, 11) is 0. The number of hydrogen-bond donors (Lipinski definition) is 6. The van der Waals surface area contributed by atoms with Crippen molar-refractivity contribution in [2.45, 2.75) is 81.9 Å². The molecule has 1 aliphatic carbocycles. The number of primary amides is 1. The van der Waals surface area contributed by atoms with Gasteiger partial charge in [0, 0.05) is 18.4 Å². The molecule has 3 aromatic rings. The van der Waals surface area contributed by atoms with E-state index in [1.54, 1.807) is 68.4 Å². The molecule has 4 rings (SSSR count). The van der Waals surface area contributed by atoms with Crippen LogP contribution in [0.2, 0.25) is 0 Å². The molecule has 0 saturated heterocycles.